The van der Waals surface area contributed by atoms with Crippen molar-refractivity contribution >= 4 is 15.9 Å². The molecule has 0 atom stereocenters. The van der Waals surface area contributed by atoms with Crippen LogP contribution in [0.2, 0.25) is 0 Å². The average Bonchev–Trinajstić information content (AvgIpc) is 2.81. The summed E-state index contributed by atoms with van der Waals surface area (Å²) in [5.41, 5.74) is 2.34. The molecule has 114 valence electrons. The molecule has 0 amide bonds. The van der Waals surface area contributed by atoms with Gasteiger partial charge in [0.2, 0.25) is 0 Å². The van der Waals surface area contributed by atoms with E-state index in [1.54, 1.807) is 0 Å². The Bertz CT molecular complexity index is 422. The fourth-order valence-electron chi connectivity index (χ4n) is 3.59. The number of rotatable bonds is 4. The molecule has 1 saturated carbocycles. The van der Waals surface area contributed by atoms with Crippen molar-refractivity contribution in [3.05, 3.63) is 18.0 Å². The number of hydrogen-bond acceptors (Lipinski definition) is 1. The van der Waals surface area contributed by atoms with Gasteiger partial charge in [0.1, 0.15) is 0 Å². The molecule has 2 rings (SSSR count). The Kier molecular flexibility index (Phi) is 4.99. The first-order valence-electron chi connectivity index (χ1n) is 7.89. The van der Waals surface area contributed by atoms with E-state index in [1.165, 1.54) is 37.8 Å². The fourth-order valence-corrected chi connectivity index (χ4v) is 4.43. The van der Waals surface area contributed by atoms with Gasteiger partial charge in [-0.25, -0.2) is 0 Å². The van der Waals surface area contributed by atoms with Crippen molar-refractivity contribution in [3.63, 3.8) is 0 Å². The fraction of sp³-hybridized carbons (Fsp3) is 0.824. The number of alkyl halides is 1. The zero-order valence-electron chi connectivity index (χ0n) is 13.5. The van der Waals surface area contributed by atoms with Crippen molar-refractivity contribution in [1.82, 2.24) is 9.78 Å². The Morgan fingerprint density at radius 2 is 2.00 bits per heavy atom. The molecule has 1 aromatic heterocycles. The van der Waals surface area contributed by atoms with Gasteiger partial charge in [0.15, 0.2) is 0 Å². The van der Waals surface area contributed by atoms with E-state index in [4.69, 9.17) is 0 Å². The molecule has 1 heterocycles. The van der Waals surface area contributed by atoms with Gasteiger partial charge in [0.25, 0.3) is 0 Å². The molecule has 3 heteroatoms. The highest BCUT2D eigenvalue weighted by Gasteiger charge is 2.37. The van der Waals surface area contributed by atoms with Crippen LogP contribution in [0.3, 0.4) is 0 Å². The van der Waals surface area contributed by atoms with E-state index in [-0.39, 0.29) is 0 Å². The lowest BCUT2D eigenvalue weighted by Gasteiger charge is -2.43. The molecule has 2 nitrogen and oxygen atoms in total. The summed E-state index contributed by atoms with van der Waals surface area (Å²) in [7, 11) is 2.05. The third-order valence-electron chi connectivity index (χ3n) is 5.39. The van der Waals surface area contributed by atoms with Crippen molar-refractivity contribution in [2.24, 2.45) is 23.8 Å². The van der Waals surface area contributed by atoms with Gasteiger partial charge in [-0.1, -0.05) is 36.7 Å². The quantitative estimate of drug-likeness (QED) is 0.707. The van der Waals surface area contributed by atoms with Crippen LogP contribution < -0.4 is 0 Å². The minimum atomic E-state index is 0.473. The largest absolute Gasteiger partial charge is 0.273 e. The molecular weight excluding hydrogens is 312 g/mol. The maximum absolute atomic E-state index is 4.28. The molecule has 0 N–H and O–H groups in total. The van der Waals surface area contributed by atoms with E-state index in [0.717, 1.165) is 17.7 Å². The van der Waals surface area contributed by atoms with Crippen LogP contribution in [0.5, 0.6) is 0 Å². The zero-order chi connectivity index (χ0) is 14.8. The summed E-state index contributed by atoms with van der Waals surface area (Å²) in [5, 5.41) is 5.43. The van der Waals surface area contributed by atoms with Gasteiger partial charge in [-0.05, 0) is 61.3 Å². The molecule has 20 heavy (non-hydrogen) atoms. The van der Waals surface area contributed by atoms with Crippen LogP contribution in [-0.2, 0) is 13.5 Å². The van der Waals surface area contributed by atoms with Crippen molar-refractivity contribution in [2.75, 3.05) is 5.33 Å². The molecule has 0 aliphatic heterocycles. The summed E-state index contributed by atoms with van der Waals surface area (Å²) in [6.07, 6.45) is 9.88. The van der Waals surface area contributed by atoms with Crippen LogP contribution in [0, 0.1) is 16.7 Å². The molecule has 1 aliphatic rings. The second-order valence-electron chi connectivity index (χ2n) is 7.72. The second kappa shape index (κ2) is 6.21. The van der Waals surface area contributed by atoms with E-state index < -0.39 is 0 Å². The monoisotopic (exact) mass is 340 g/mol. The molecule has 0 unspecified atom stereocenters. The molecule has 0 spiro atoms. The Morgan fingerprint density at radius 1 is 1.35 bits per heavy atom. The highest BCUT2D eigenvalue weighted by molar-refractivity contribution is 9.09. The molecule has 1 aromatic rings. The smallest absolute Gasteiger partial charge is 0.0492 e. The first-order chi connectivity index (χ1) is 9.36. The van der Waals surface area contributed by atoms with Crippen molar-refractivity contribution < 1.29 is 0 Å². The van der Waals surface area contributed by atoms with Crippen LogP contribution in [0.15, 0.2) is 12.3 Å². The number of halogens is 1. The summed E-state index contributed by atoms with van der Waals surface area (Å²) in [6, 6.07) is 2.16. The molecule has 0 saturated heterocycles. The Labute approximate surface area is 132 Å². The van der Waals surface area contributed by atoms with E-state index in [1.807, 2.05) is 17.9 Å². The summed E-state index contributed by atoms with van der Waals surface area (Å²) in [6.45, 7) is 7.19. The molecule has 0 radical (unpaired) electrons. The summed E-state index contributed by atoms with van der Waals surface area (Å²) in [4.78, 5) is 0. The maximum Gasteiger partial charge on any atom is 0.0492 e. The van der Waals surface area contributed by atoms with Crippen LogP contribution in [0.1, 0.15) is 58.6 Å². The number of nitrogens with zero attached hydrogens (tertiary/aromatic N) is 2. The topological polar surface area (TPSA) is 17.8 Å². The molecule has 1 fully saturated rings. The number of hydrogen-bond donors (Lipinski definition) is 0. The summed E-state index contributed by atoms with van der Waals surface area (Å²) < 4.78 is 2.02. The normalized spacial score (nSPS) is 27.8. The Balaban J connectivity index is 1.93. The molecule has 0 aromatic carbocycles. The lowest BCUT2D eigenvalue weighted by atomic mass is 9.63. The predicted molar refractivity (Wildman–Crippen MR) is 89.2 cm³/mol. The van der Waals surface area contributed by atoms with Crippen molar-refractivity contribution in [3.8, 4) is 0 Å². The SMILES string of the molecule is Cn1nccc1CCC1(CBr)CCC(C(C)(C)C)CC1. The van der Waals surface area contributed by atoms with Crippen molar-refractivity contribution in [1.29, 1.82) is 0 Å². The molecule has 0 bridgehead atoms. The zero-order valence-corrected chi connectivity index (χ0v) is 15.0. The standard InChI is InChI=1S/C17H29BrN2/c1-16(2,3)14-5-9-17(13-18,10-6-14)11-7-15-8-12-19-20(15)4/h8,12,14H,5-7,9-11,13H2,1-4H3. The van der Waals surface area contributed by atoms with E-state index in [0.29, 0.717) is 10.8 Å². The predicted octanol–water partition coefficient (Wildman–Crippen LogP) is 4.97. The van der Waals surface area contributed by atoms with Crippen molar-refractivity contribution in [2.45, 2.75) is 59.3 Å². The van der Waals surface area contributed by atoms with Gasteiger partial charge >= 0.3 is 0 Å². The number of aryl methyl sites for hydroxylation is 2. The van der Waals surface area contributed by atoms with E-state index >= 15 is 0 Å². The van der Waals surface area contributed by atoms with Gasteiger partial charge in [0, 0.05) is 24.3 Å². The van der Waals surface area contributed by atoms with Gasteiger partial charge in [-0.2, -0.15) is 5.10 Å². The summed E-state index contributed by atoms with van der Waals surface area (Å²) in [5.74, 6) is 0.895. The average molecular weight is 341 g/mol. The highest BCUT2D eigenvalue weighted by Crippen LogP contribution is 2.48. The minimum absolute atomic E-state index is 0.473. The number of aromatic nitrogens is 2. The summed E-state index contributed by atoms with van der Waals surface area (Å²) >= 11 is 3.80. The van der Waals surface area contributed by atoms with Crippen LogP contribution in [0.4, 0.5) is 0 Å². The minimum Gasteiger partial charge on any atom is -0.273 e. The third kappa shape index (κ3) is 3.66. The first-order valence-corrected chi connectivity index (χ1v) is 9.01. The maximum atomic E-state index is 4.28. The van der Waals surface area contributed by atoms with Crippen LogP contribution in [-0.4, -0.2) is 15.1 Å². The Hall–Kier alpha value is -0.310. The van der Waals surface area contributed by atoms with Gasteiger partial charge < -0.3 is 0 Å². The van der Waals surface area contributed by atoms with Gasteiger partial charge in [-0.3, -0.25) is 4.68 Å². The molecule has 1 aliphatic carbocycles. The van der Waals surface area contributed by atoms with Gasteiger partial charge in [0.05, 0.1) is 0 Å². The van der Waals surface area contributed by atoms with E-state index in [9.17, 15) is 0 Å². The van der Waals surface area contributed by atoms with Crippen LogP contribution >= 0.6 is 15.9 Å². The first kappa shape index (κ1) is 16.1. The van der Waals surface area contributed by atoms with E-state index in [2.05, 4.69) is 47.9 Å². The lowest BCUT2D eigenvalue weighted by molar-refractivity contribution is 0.0972. The van der Waals surface area contributed by atoms with Crippen LogP contribution in [0.25, 0.3) is 0 Å². The Morgan fingerprint density at radius 3 is 2.45 bits per heavy atom. The third-order valence-corrected chi connectivity index (χ3v) is 6.58. The second-order valence-corrected chi connectivity index (χ2v) is 8.28. The van der Waals surface area contributed by atoms with Gasteiger partial charge in [-0.15, -0.1) is 0 Å². The molecular formula is C17H29BrN2. The highest BCUT2D eigenvalue weighted by atomic mass is 79.9. The lowest BCUT2D eigenvalue weighted by Crippen LogP contribution is -2.34.